The summed E-state index contributed by atoms with van der Waals surface area (Å²) in [6.07, 6.45) is 7.90. The van der Waals surface area contributed by atoms with E-state index in [1.54, 1.807) is 6.26 Å². The van der Waals surface area contributed by atoms with Crippen LogP contribution in [0, 0.1) is 0 Å². The maximum atomic E-state index is 9.83. The molecule has 1 aliphatic rings. The van der Waals surface area contributed by atoms with Gasteiger partial charge >= 0.3 is 0 Å². The Balaban J connectivity index is 1.73. The molecule has 0 aliphatic heterocycles. The number of aliphatic hydroxyl groups is 1. The number of aliphatic hydroxyl groups excluding tert-OH is 1. The zero-order chi connectivity index (χ0) is 10.5. The van der Waals surface area contributed by atoms with Gasteiger partial charge in [0.1, 0.15) is 11.9 Å². The third-order valence-corrected chi connectivity index (χ3v) is 4.36. The molecule has 0 bridgehead atoms. The lowest BCUT2D eigenvalue weighted by Crippen LogP contribution is -2.11. The van der Waals surface area contributed by atoms with Crippen LogP contribution in [0.3, 0.4) is 0 Å². The molecule has 1 heterocycles. The van der Waals surface area contributed by atoms with Gasteiger partial charge in [0.2, 0.25) is 0 Å². The van der Waals surface area contributed by atoms with Gasteiger partial charge in [0.25, 0.3) is 0 Å². The van der Waals surface area contributed by atoms with Gasteiger partial charge in [-0.05, 0) is 25.0 Å². The number of hydrogen-bond acceptors (Lipinski definition) is 3. The van der Waals surface area contributed by atoms with Crippen molar-refractivity contribution < 1.29 is 9.52 Å². The molecular weight excluding hydrogens is 208 g/mol. The van der Waals surface area contributed by atoms with Gasteiger partial charge in [-0.3, -0.25) is 0 Å². The Kier molecular flexibility index (Phi) is 4.15. The molecule has 1 fully saturated rings. The summed E-state index contributed by atoms with van der Waals surface area (Å²) < 4.78 is 5.17. The van der Waals surface area contributed by atoms with Gasteiger partial charge in [0, 0.05) is 11.0 Å². The van der Waals surface area contributed by atoms with E-state index in [1.165, 1.54) is 32.1 Å². The Bertz CT molecular complexity index is 265. The molecule has 2 nitrogen and oxygen atoms in total. The highest BCUT2D eigenvalue weighted by Gasteiger charge is 2.17. The van der Waals surface area contributed by atoms with Gasteiger partial charge in [0.05, 0.1) is 6.26 Å². The predicted octanol–water partition coefficient (Wildman–Crippen LogP) is 3.38. The third kappa shape index (κ3) is 3.28. The minimum Gasteiger partial charge on any atom is -0.467 e. The van der Waals surface area contributed by atoms with E-state index in [2.05, 4.69) is 0 Å². The van der Waals surface area contributed by atoms with Crippen molar-refractivity contribution in [1.29, 1.82) is 0 Å². The van der Waals surface area contributed by atoms with Crippen LogP contribution in [0.5, 0.6) is 0 Å². The quantitative estimate of drug-likeness (QED) is 0.854. The van der Waals surface area contributed by atoms with Crippen LogP contribution in [-0.2, 0) is 0 Å². The molecule has 1 saturated carbocycles. The van der Waals surface area contributed by atoms with Gasteiger partial charge < -0.3 is 9.52 Å². The summed E-state index contributed by atoms with van der Waals surface area (Å²) in [5.74, 6) is 1.45. The van der Waals surface area contributed by atoms with Crippen molar-refractivity contribution in [3.63, 3.8) is 0 Å². The Hall–Kier alpha value is -0.410. The molecule has 1 aliphatic carbocycles. The molecule has 1 aromatic heterocycles. The highest BCUT2D eigenvalue weighted by Crippen LogP contribution is 2.30. The Morgan fingerprint density at radius 1 is 1.40 bits per heavy atom. The zero-order valence-corrected chi connectivity index (χ0v) is 9.71. The van der Waals surface area contributed by atoms with Gasteiger partial charge in [-0.25, -0.2) is 0 Å². The fourth-order valence-electron chi connectivity index (χ4n) is 2.02. The molecule has 15 heavy (non-hydrogen) atoms. The molecule has 0 saturated heterocycles. The molecular formula is C12H18O2S. The van der Waals surface area contributed by atoms with Gasteiger partial charge in [-0.2, -0.15) is 11.8 Å². The first-order valence-electron chi connectivity index (χ1n) is 5.69. The van der Waals surface area contributed by atoms with Gasteiger partial charge in [-0.1, -0.05) is 19.3 Å². The second kappa shape index (κ2) is 5.61. The van der Waals surface area contributed by atoms with E-state index in [0.29, 0.717) is 5.76 Å². The summed E-state index contributed by atoms with van der Waals surface area (Å²) in [7, 11) is 0. The fraction of sp³-hybridized carbons (Fsp3) is 0.667. The maximum Gasteiger partial charge on any atom is 0.133 e. The molecule has 1 aromatic rings. The molecule has 84 valence electrons. The maximum absolute atomic E-state index is 9.83. The van der Waals surface area contributed by atoms with E-state index in [9.17, 15) is 5.11 Å². The van der Waals surface area contributed by atoms with E-state index < -0.39 is 6.10 Å². The monoisotopic (exact) mass is 226 g/mol. The standard InChI is InChI=1S/C12H18O2S/c13-11(12-7-4-8-14-12)9-15-10-5-2-1-3-6-10/h4,7-8,10-11,13H,1-3,5-6,9H2. The van der Waals surface area contributed by atoms with E-state index in [1.807, 2.05) is 23.9 Å². The van der Waals surface area contributed by atoms with E-state index in [4.69, 9.17) is 4.42 Å². The van der Waals surface area contributed by atoms with Crippen molar-refractivity contribution in [2.45, 2.75) is 43.5 Å². The highest BCUT2D eigenvalue weighted by atomic mass is 32.2. The molecule has 2 rings (SSSR count). The smallest absolute Gasteiger partial charge is 0.133 e. The molecule has 0 aromatic carbocycles. The molecule has 1 atom stereocenters. The second-order valence-corrected chi connectivity index (χ2v) is 5.46. The van der Waals surface area contributed by atoms with Gasteiger partial charge in [0.15, 0.2) is 0 Å². The summed E-state index contributed by atoms with van der Waals surface area (Å²) in [4.78, 5) is 0. The first-order valence-corrected chi connectivity index (χ1v) is 6.74. The largest absolute Gasteiger partial charge is 0.467 e. The number of furan rings is 1. The summed E-state index contributed by atoms with van der Waals surface area (Å²) in [5.41, 5.74) is 0. The first kappa shape index (κ1) is 11.1. The first-order chi connectivity index (χ1) is 7.36. The van der Waals surface area contributed by atoms with Crippen LogP contribution in [0.25, 0.3) is 0 Å². The van der Waals surface area contributed by atoms with Crippen LogP contribution >= 0.6 is 11.8 Å². The summed E-state index contributed by atoms with van der Waals surface area (Å²) in [6.45, 7) is 0. The van der Waals surface area contributed by atoms with E-state index >= 15 is 0 Å². The molecule has 0 amide bonds. The summed E-state index contributed by atoms with van der Waals surface area (Å²) >= 11 is 1.89. The average Bonchev–Trinajstić information content (AvgIpc) is 2.81. The lowest BCUT2D eigenvalue weighted by Gasteiger charge is -2.21. The molecule has 3 heteroatoms. The topological polar surface area (TPSA) is 33.4 Å². The van der Waals surface area contributed by atoms with Crippen LogP contribution in [0.2, 0.25) is 0 Å². The number of thioether (sulfide) groups is 1. The highest BCUT2D eigenvalue weighted by molar-refractivity contribution is 7.99. The zero-order valence-electron chi connectivity index (χ0n) is 8.89. The molecule has 1 N–H and O–H groups in total. The van der Waals surface area contributed by atoms with Crippen molar-refractivity contribution in [2.75, 3.05) is 5.75 Å². The van der Waals surface area contributed by atoms with Crippen molar-refractivity contribution >= 4 is 11.8 Å². The Labute approximate surface area is 95.1 Å². The van der Waals surface area contributed by atoms with Crippen molar-refractivity contribution in [1.82, 2.24) is 0 Å². The lowest BCUT2D eigenvalue weighted by molar-refractivity contribution is 0.174. The summed E-state index contributed by atoms with van der Waals surface area (Å²) in [6, 6.07) is 3.66. The third-order valence-electron chi connectivity index (χ3n) is 2.91. The Morgan fingerprint density at radius 2 is 2.20 bits per heavy atom. The Morgan fingerprint density at radius 3 is 2.87 bits per heavy atom. The van der Waals surface area contributed by atoms with Crippen LogP contribution in [0.4, 0.5) is 0 Å². The van der Waals surface area contributed by atoms with Crippen LogP contribution < -0.4 is 0 Å². The lowest BCUT2D eigenvalue weighted by atomic mass is 10.0. The second-order valence-electron chi connectivity index (χ2n) is 4.12. The SMILES string of the molecule is OC(CSC1CCCCC1)c1ccco1. The number of hydrogen-bond donors (Lipinski definition) is 1. The summed E-state index contributed by atoms with van der Waals surface area (Å²) in [5, 5.41) is 10.6. The minimum absolute atomic E-state index is 0.438. The molecule has 0 radical (unpaired) electrons. The number of rotatable bonds is 4. The molecule has 0 spiro atoms. The van der Waals surface area contributed by atoms with Crippen LogP contribution in [0.15, 0.2) is 22.8 Å². The van der Waals surface area contributed by atoms with Crippen molar-refractivity contribution in [3.05, 3.63) is 24.2 Å². The average molecular weight is 226 g/mol. The van der Waals surface area contributed by atoms with Crippen LogP contribution in [-0.4, -0.2) is 16.1 Å². The predicted molar refractivity (Wildman–Crippen MR) is 63.0 cm³/mol. The van der Waals surface area contributed by atoms with Crippen LogP contribution in [0.1, 0.15) is 44.0 Å². The van der Waals surface area contributed by atoms with E-state index in [-0.39, 0.29) is 0 Å². The van der Waals surface area contributed by atoms with E-state index in [0.717, 1.165) is 11.0 Å². The van der Waals surface area contributed by atoms with Crippen molar-refractivity contribution in [2.24, 2.45) is 0 Å². The van der Waals surface area contributed by atoms with Gasteiger partial charge in [-0.15, -0.1) is 0 Å². The fourth-order valence-corrected chi connectivity index (χ4v) is 3.31. The minimum atomic E-state index is -0.438. The normalized spacial score (nSPS) is 20.3. The van der Waals surface area contributed by atoms with Crippen molar-refractivity contribution in [3.8, 4) is 0 Å². The molecule has 1 unspecified atom stereocenters.